The molecule has 1 aromatic carbocycles. The molecule has 2 aromatic heterocycles. The van der Waals surface area contributed by atoms with E-state index in [9.17, 15) is 9.59 Å². The van der Waals surface area contributed by atoms with E-state index >= 15 is 0 Å². The third-order valence-corrected chi connectivity index (χ3v) is 5.71. The van der Waals surface area contributed by atoms with E-state index in [1.165, 1.54) is 11.3 Å². The standard InChI is InChI=1S/C21H22N2O4S2/c1-14(2)18(23-21(25)27-10-15-6-4-3-5-7-15)20(24)26-11-17-13-29-19(22-17)16-8-9-28-12-16/h3-9,12-14,18H,10-11H2,1-2H3,(H,23,25)/t18-/m1/s1. The Hall–Kier alpha value is -2.71. The van der Waals surface area contributed by atoms with Gasteiger partial charge in [-0.05, 0) is 22.9 Å². The molecule has 6 nitrogen and oxygen atoms in total. The molecule has 0 unspecified atom stereocenters. The highest BCUT2D eigenvalue weighted by Gasteiger charge is 2.26. The second-order valence-electron chi connectivity index (χ2n) is 6.69. The number of hydrogen-bond acceptors (Lipinski definition) is 7. The lowest BCUT2D eigenvalue weighted by Gasteiger charge is -2.20. The van der Waals surface area contributed by atoms with Crippen LogP contribution in [0.2, 0.25) is 0 Å². The number of nitrogens with zero attached hydrogens (tertiary/aromatic N) is 1. The first-order valence-corrected chi connectivity index (χ1v) is 11.0. The van der Waals surface area contributed by atoms with Crippen LogP contribution in [0.1, 0.15) is 25.1 Å². The fourth-order valence-electron chi connectivity index (χ4n) is 2.52. The molecular formula is C21H22N2O4S2. The zero-order valence-corrected chi connectivity index (χ0v) is 17.8. The van der Waals surface area contributed by atoms with Crippen molar-refractivity contribution >= 4 is 34.7 Å². The van der Waals surface area contributed by atoms with Gasteiger partial charge in [-0.25, -0.2) is 14.6 Å². The van der Waals surface area contributed by atoms with Gasteiger partial charge in [0.05, 0.1) is 5.69 Å². The van der Waals surface area contributed by atoms with E-state index in [2.05, 4.69) is 10.3 Å². The number of aromatic nitrogens is 1. The minimum Gasteiger partial charge on any atom is -0.458 e. The molecule has 2 heterocycles. The van der Waals surface area contributed by atoms with Crippen LogP contribution >= 0.6 is 22.7 Å². The number of amides is 1. The zero-order chi connectivity index (χ0) is 20.6. The Morgan fingerprint density at radius 1 is 1.07 bits per heavy atom. The molecule has 0 saturated heterocycles. The number of rotatable bonds is 8. The average Bonchev–Trinajstić information content (AvgIpc) is 3.41. The van der Waals surface area contributed by atoms with Crippen LogP contribution in [0.4, 0.5) is 4.79 Å². The van der Waals surface area contributed by atoms with Crippen molar-refractivity contribution in [3.8, 4) is 10.6 Å². The monoisotopic (exact) mass is 430 g/mol. The fourth-order valence-corrected chi connectivity index (χ4v) is 4.03. The molecule has 3 rings (SSSR count). The lowest BCUT2D eigenvalue weighted by molar-refractivity contribution is -0.148. The maximum atomic E-state index is 12.5. The van der Waals surface area contributed by atoms with E-state index in [-0.39, 0.29) is 19.1 Å². The van der Waals surface area contributed by atoms with Gasteiger partial charge in [-0.15, -0.1) is 11.3 Å². The zero-order valence-electron chi connectivity index (χ0n) is 16.2. The van der Waals surface area contributed by atoms with Gasteiger partial charge in [0.2, 0.25) is 0 Å². The van der Waals surface area contributed by atoms with Crippen molar-refractivity contribution in [1.82, 2.24) is 10.3 Å². The molecule has 152 valence electrons. The molecule has 8 heteroatoms. The van der Waals surface area contributed by atoms with Crippen LogP contribution in [0.3, 0.4) is 0 Å². The van der Waals surface area contributed by atoms with Crippen LogP contribution in [-0.2, 0) is 27.5 Å². The van der Waals surface area contributed by atoms with E-state index in [1.807, 2.05) is 66.4 Å². The Labute approximate surface area is 177 Å². The first kappa shape index (κ1) is 21.0. The Balaban J connectivity index is 1.50. The highest BCUT2D eigenvalue weighted by atomic mass is 32.1. The Bertz CT molecular complexity index is 923. The number of carbonyl (C=O) groups excluding carboxylic acids is 2. The number of esters is 1. The Morgan fingerprint density at radius 2 is 1.86 bits per heavy atom. The molecular weight excluding hydrogens is 408 g/mol. The molecule has 0 saturated carbocycles. The molecule has 29 heavy (non-hydrogen) atoms. The maximum Gasteiger partial charge on any atom is 0.408 e. The van der Waals surface area contributed by atoms with E-state index in [1.54, 1.807) is 11.3 Å². The molecule has 1 N–H and O–H groups in total. The largest absolute Gasteiger partial charge is 0.458 e. The fraction of sp³-hybridized carbons (Fsp3) is 0.286. The number of nitrogens with one attached hydrogen (secondary N) is 1. The Kier molecular flexibility index (Phi) is 7.37. The Morgan fingerprint density at radius 3 is 2.55 bits per heavy atom. The van der Waals surface area contributed by atoms with Crippen molar-refractivity contribution in [1.29, 1.82) is 0 Å². The highest BCUT2D eigenvalue weighted by molar-refractivity contribution is 7.14. The van der Waals surface area contributed by atoms with Gasteiger partial charge in [0.25, 0.3) is 0 Å². The van der Waals surface area contributed by atoms with E-state index < -0.39 is 18.1 Å². The van der Waals surface area contributed by atoms with E-state index in [0.717, 1.165) is 16.1 Å². The van der Waals surface area contributed by atoms with Crippen LogP contribution in [0, 0.1) is 5.92 Å². The van der Waals surface area contributed by atoms with Crippen LogP contribution < -0.4 is 5.32 Å². The number of thiophene rings is 1. The molecule has 0 aliphatic carbocycles. The van der Waals surface area contributed by atoms with Crippen LogP contribution in [0.5, 0.6) is 0 Å². The van der Waals surface area contributed by atoms with Crippen molar-refractivity contribution < 1.29 is 19.1 Å². The van der Waals surface area contributed by atoms with Gasteiger partial charge in [-0.3, -0.25) is 0 Å². The third-order valence-electron chi connectivity index (χ3n) is 4.09. The van der Waals surface area contributed by atoms with Gasteiger partial charge in [-0.1, -0.05) is 44.2 Å². The summed E-state index contributed by atoms with van der Waals surface area (Å²) in [6.45, 7) is 3.86. The number of alkyl carbamates (subject to hydrolysis) is 1. The molecule has 0 fully saturated rings. The van der Waals surface area contributed by atoms with E-state index in [0.29, 0.717) is 5.69 Å². The minimum atomic E-state index is -0.798. The molecule has 1 atom stereocenters. The summed E-state index contributed by atoms with van der Waals surface area (Å²) in [5, 5.41) is 9.37. The van der Waals surface area contributed by atoms with Crippen LogP contribution in [0.15, 0.2) is 52.5 Å². The van der Waals surface area contributed by atoms with Gasteiger partial charge < -0.3 is 14.8 Å². The van der Waals surface area contributed by atoms with Crippen molar-refractivity contribution in [3.63, 3.8) is 0 Å². The van der Waals surface area contributed by atoms with Gasteiger partial charge in [-0.2, -0.15) is 11.3 Å². The third kappa shape index (κ3) is 6.13. The van der Waals surface area contributed by atoms with Crippen LogP contribution in [0.25, 0.3) is 10.6 Å². The molecule has 0 radical (unpaired) electrons. The number of ether oxygens (including phenoxy) is 2. The number of thiazole rings is 1. The second-order valence-corrected chi connectivity index (χ2v) is 8.33. The highest BCUT2D eigenvalue weighted by Crippen LogP contribution is 2.26. The van der Waals surface area contributed by atoms with Gasteiger partial charge >= 0.3 is 12.1 Å². The van der Waals surface area contributed by atoms with Gasteiger partial charge in [0.15, 0.2) is 0 Å². The summed E-state index contributed by atoms with van der Waals surface area (Å²) >= 11 is 3.11. The summed E-state index contributed by atoms with van der Waals surface area (Å²) in [6.07, 6.45) is -0.655. The lowest BCUT2D eigenvalue weighted by Crippen LogP contribution is -2.45. The molecule has 3 aromatic rings. The first-order valence-electron chi connectivity index (χ1n) is 9.13. The average molecular weight is 431 g/mol. The van der Waals surface area contributed by atoms with Gasteiger partial charge in [0, 0.05) is 16.3 Å². The summed E-state index contributed by atoms with van der Waals surface area (Å²) in [4.78, 5) is 29.1. The maximum absolute atomic E-state index is 12.5. The van der Waals surface area contributed by atoms with E-state index in [4.69, 9.17) is 9.47 Å². The summed E-state index contributed by atoms with van der Waals surface area (Å²) in [5.41, 5.74) is 2.61. The summed E-state index contributed by atoms with van der Waals surface area (Å²) in [7, 11) is 0. The number of hydrogen-bond donors (Lipinski definition) is 1. The van der Waals surface area contributed by atoms with Crippen molar-refractivity contribution in [3.05, 3.63) is 63.8 Å². The topological polar surface area (TPSA) is 77.5 Å². The lowest BCUT2D eigenvalue weighted by atomic mass is 10.1. The minimum absolute atomic E-state index is 0.0590. The predicted octanol–water partition coefficient (Wildman–Crippen LogP) is 4.87. The second kappa shape index (κ2) is 10.2. The van der Waals surface area contributed by atoms with Gasteiger partial charge in [0.1, 0.15) is 24.3 Å². The van der Waals surface area contributed by atoms with Crippen molar-refractivity contribution in [2.75, 3.05) is 0 Å². The summed E-state index contributed by atoms with van der Waals surface area (Å²) < 4.78 is 10.6. The van der Waals surface area contributed by atoms with Crippen LogP contribution in [-0.4, -0.2) is 23.1 Å². The smallest absolute Gasteiger partial charge is 0.408 e. The first-order chi connectivity index (χ1) is 14.0. The number of benzene rings is 1. The molecule has 0 aliphatic rings. The molecule has 1 amide bonds. The molecule has 0 aliphatic heterocycles. The predicted molar refractivity (Wildman–Crippen MR) is 114 cm³/mol. The summed E-state index contributed by atoms with van der Waals surface area (Å²) in [6, 6.07) is 10.5. The molecule has 0 bridgehead atoms. The van der Waals surface area contributed by atoms with Crippen molar-refractivity contribution in [2.24, 2.45) is 5.92 Å². The van der Waals surface area contributed by atoms with Crippen molar-refractivity contribution in [2.45, 2.75) is 33.1 Å². The summed E-state index contributed by atoms with van der Waals surface area (Å²) in [5.74, 6) is -0.662. The SMILES string of the molecule is CC(C)[C@@H](NC(=O)OCc1ccccc1)C(=O)OCc1csc(-c2ccsc2)n1. The normalized spacial score (nSPS) is 11.8. The quantitative estimate of drug-likeness (QED) is 0.516. The molecule has 0 spiro atoms. The number of carbonyl (C=O) groups is 2.